The van der Waals surface area contributed by atoms with Crippen LogP contribution in [0.5, 0.6) is 0 Å². The van der Waals surface area contributed by atoms with Crippen LogP contribution in [0.15, 0.2) is 0 Å². The summed E-state index contributed by atoms with van der Waals surface area (Å²) in [5.74, 6) is 0. The van der Waals surface area contributed by atoms with Gasteiger partial charge in [-0.25, -0.2) is 0 Å². The second kappa shape index (κ2) is 2.84. The van der Waals surface area contributed by atoms with E-state index < -0.39 is 8.03 Å². The number of terminal acetylenes is 1. The van der Waals surface area contributed by atoms with Gasteiger partial charge in [0.05, 0.1) is 7.11 Å². The minimum Gasteiger partial charge on any atom is -0.138 e. The molecule has 1 unspecified atom stereocenters. The highest BCUT2D eigenvalue weighted by molar-refractivity contribution is 7.45. The molecule has 0 aliphatic heterocycles. The summed E-state index contributed by atoms with van der Waals surface area (Å²) in [6, 6.07) is 0. The zero-order valence-corrected chi connectivity index (χ0v) is 4.24. The lowest BCUT2D eigenvalue weighted by molar-refractivity contribution is 0.424. The molecule has 0 saturated heterocycles. The predicted octanol–water partition coefficient (Wildman–Crippen LogP) is 0.966. The zero-order chi connectivity index (χ0) is 4.99. The zero-order valence-electron chi connectivity index (χ0n) is 3.34. The molecule has 0 aliphatic carbocycles. The van der Waals surface area contributed by atoms with Gasteiger partial charge in [0, 0.05) is 0 Å². The highest BCUT2D eigenvalue weighted by Gasteiger charge is 2.05. The van der Waals surface area contributed by atoms with Crippen molar-refractivity contribution in [1.82, 2.24) is 0 Å². The molecule has 0 aromatic heterocycles. The molecule has 2 nitrogen and oxygen atoms in total. The Hall–Kier alpha value is -0.380. The largest absolute Gasteiger partial charge is 0.603 e. The first-order valence-corrected chi connectivity index (χ1v) is 2.46. The van der Waals surface area contributed by atoms with Crippen molar-refractivity contribution in [3.63, 3.8) is 0 Å². The topological polar surface area (TPSA) is 26.3 Å². The minimum absolute atomic E-state index is 1.30. The van der Waals surface area contributed by atoms with Gasteiger partial charge in [0.15, 0.2) is 0 Å². The Kier molecular flexibility index (Phi) is 2.66. The Morgan fingerprint density at radius 2 is 2.50 bits per heavy atom. The average Bonchev–Trinajstić information content (AvgIpc) is 1.65. The molecular formula is C3H4O2P+. The first kappa shape index (κ1) is 5.62. The van der Waals surface area contributed by atoms with E-state index in [2.05, 4.69) is 10.9 Å². The second-order valence-corrected chi connectivity index (χ2v) is 1.71. The Morgan fingerprint density at radius 3 is 2.50 bits per heavy atom. The first-order valence-electron chi connectivity index (χ1n) is 1.29. The molecule has 0 saturated carbocycles. The van der Waals surface area contributed by atoms with Gasteiger partial charge in [-0.15, -0.1) is 4.52 Å². The van der Waals surface area contributed by atoms with Crippen LogP contribution < -0.4 is 0 Å². The van der Waals surface area contributed by atoms with Crippen LogP contribution in [-0.4, -0.2) is 7.11 Å². The van der Waals surface area contributed by atoms with Crippen molar-refractivity contribution in [3.05, 3.63) is 0 Å². The van der Waals surface area contributed by atoms with E-state index in [1.165, 1.54) is 7.11 Å². The van der Waals surface area contributed by atoms with Gasteiger partial charge >= 0.3 is 8.03 Å². The van der Waals surface area contributed by atoms with Crippen LogP contribution >= 0.6 is 8.03 Å². The molecule has 0 heterocycles. The van der Waals surface area contributed by atoms with Crippen LogP contribution in [0.2, 0.25) is 0 Å². The molecule has 0 aliphatic rings. The van der Waals surface area contributed by atoms with Crippen molar-refractivity contribution in [2.45, 2.75) is 0 Å². The maximum absolute atomic E-state index is 9.87. The van der Waals surface area contributed by atoms with Crippen molar-refractivity contribution in [3.8, 4) is 12.1 Å². The third-order valence-electron chi connectivity index (χ3n) is 0.271. The van der Waals surface area contributed by atoms with E-state index in [0.29, 0.717) is 0 Å². The molecule has 32 valence electrons. The molecule has 1 atom stereocenters. The molecule has 0 fully saturated rings. The van der Waals surface area contributed by atoms with E-state index in [9.17, 15) is 4.57 Å². The van der Waals surface area contributed by atoms with Crippen LogP contribution in [0.4, 0.5) is 0 Å². The van der Waals surface area contributed by atoms with E-state index in [-0.39, 0.29) is 0 Å². The van der Waals surface area contributed by atoms with E-state index in [4.69, 9.17) is 0 Å². The monoisotopic (exact) mass is 103 g/mol. The van der Waals surface area contributed by atoms with E-state index >= 15 is 0 Å². The van der Waals surface area contributed by atoms with Gasteiger partial charge in [-0.05, 0) is 4.57 Å². The van der Waals surface area contributed by atoms with Crippen LogP contribution in [0.3, 0.4) is 0 Å². The van der Waals surface area contributed by atoms with Gasteiger partial charge in [0.1, 0.15) is 0 Å². The molecule has 0 aromatic carbocycles. The van der Waals surface area contributed by atoms with Gasteiger partial charge in [-0.1, -0.05) is 6.42 Å². The van der Waals surface area contributed by atoms with Crippen molar-refractivity contribution in [2.24, 2.45) is 0 Å². The smallest absolute Gasteiger partial charge is 0.138 e. The Balaban J connectivity index is 3.33. The molecule has 3 heteroatoms. The summed E-state index contributed by atoms with van der Waals surface area (Å²) in [5.41, 5.74) is 1.90. The summed E-state index contributed by atoms with van der Waals surface area (Å²) >= 11 is 0. The molecule has 0 aromatic rings. The maximum Gasteiger partial charge on any atom is 0.603 e. The Bertz CT molecular complexity index is 91.5. The van der Waals surface area contributed by atoms with Gasteiger partial charge in [0.25, 0.3) is 0 Å². The number of rotatable bonds is 1. The van der Waals surface area contributed by atoms with Crippen LogP contribution in [0.1, 0.15) is 0 Å². The van der Waals surface area contributed by atoms with Crippen LogP contribution in [-0.2, 0) is 9.09 Å². The highest BCUT2D eigenvalue weighted by atomic mass is 31.1. The summed E-state index contributed by atoms with van der Waals surface area (Å²) < 4.78 is 14.0. The molecule has 0 amide bonds. The standard InChI is InChI=1S/C3H4O2P/c1-3-6(4)5-2/h1H,2H3/q+1. The SMILES string of the molecule is C#C[P+](=O)OC. The lowest BCUT2D eigenvalue weighted by atomic mass is 11.4. The summed E-state index contributed by atoms with van der Waals surface area (Å²) in [6.07, 6.45) is 4.62. The van der Waals surface area contributed by atoms with E-state index in [1.54, 1.807) is 0 Å². The second-order valence-electron chi connectivity index (χ2n) is 0.569. The highest BCUT2D eigenvalue weighted by Crippen LogP contribution is 2.15. The number of hydrogen-bond donors (Lipinski definition) is 0. The summed E-state index contributed by atoms with van der Waals surface area (Å²) in [6.45, 7) is 0. The Morgan fingerprint density at radius 1 is 2.00 bits per heavy atom. The van der Waals surface area contributed by atoms with Crippen molar-refractivity contribution >= 4 is 8.03 Å². The average molecular weight is 103 g/mol. The fraction of sp³-hybridized carbons (Fsp3) is 0.333. The van der Waals surface area contributed by atoms with Gasteiger partial charge in [0.2, 0.25) is 5.66 Å². The molecular weight excluding hydrogens is 99.0 g/mol. The van der Waals surface area contributed by atoms with E-state index in [0.717, 1.165) is 0 Å². The third-order valence-corrected chi connectivity index (χ3v) is 0.814. The van der Waals surface area contributed by atoms with Crippen molar-refractivity contribution < 1.29 is 9.09 Å². The molecule has 0 rings (SSSR count). The first-order chi connectivity index (χ1) is 2.81. The summed E-state index contributed by atoms with van der Waals surface area (Å²) in [7, 11) is -0.494. The normalized spacial score (nSPS) is 9.67. The van der Waals surface area contributed by atoms with Gasteiger partial charge in [-0.2, -0.15) is 0 Å². The maximum atomic E-state index is 9.87. The summed E-state index contributed by atoms with van der Waals surface area (Å²) in [4.78, 5) is 0. The molecule has 6 heavy (non-hydrogen) atoms. The van der Waals surface area contributed by atoms with Gasteiger partial charge < -0.3 is 0 Å². The van der Waals surface area contributed by atoms with Crippen LogP contribution in [0, 0.1) is 12.1 Å². The fourth-order valence-electron chi connectivity index (χ4n) is 0.0527. The molecule has 0 N–H and O–H groups in total. The molecule has 0 radical (unpaired) electrons. The summed E-state index contributed by atoms with van der Waals surface area (Å²) in [5, 5.41) is 0. The van der Waals surface area contributed by atoms with E-state index in [1.807, 2.05) is 5.66 Å². The lowest BCUT2D eigenvalue weighted by Crippen LogP contribution is -1.56. The lowest BCUT2D eigenvalue weighted by Gasteiger charge is -1.57. The Labute approximate surface area is 37.4 Å². The van der Waals surface area contributed by atoms with Crippen molar-refractivity contribution in [1.29, 1.82) is 0 Å². The minimum atomic E-state index is -1.80. The predicted molar refractivity (Wildman–Crippen MR) is 23.4 cm³/mol. The fourth-order valence-corrected chi connectivity index (χ4v) is 0.158. The molecule has 0 bridgehead atoms. The van der Waals surface area contributed by atoms with Gasteiger partial charge in [-0.3, -0.25) is 0 Å². The quantitative estimate of drug-likeness (QED) is 0.365. The molecule has 0 spiro atoms. The van der Waals surface area contributed by atoms with Crippen LogP contribution in [0.25, 0.3) is 0 Å². The van der Waals surface area contributed by atoms with Crippen molar-refractivity contribution in [2.75, 3.05) is 7.11 Å². The third kappa shape index (κ3) is 1.90. The number of hydrogen-bond acceptors (Lipinski definition) is 2.